The van der Waals surface area contributed by atoms with Gasteiger partial charge in [0.1, 0.15) is 0 Å². The minimum Gasteiger partial charge on any atom is -0.368 e. The second-order valence-electron chi connectivity index (χ2n) is 2.54. The molecular weight excluding hydrogens is 168 g/mol. The molecule has 8 heavy (non-hydrogen) atoms. The Morgan fingerprint density at radius 1 is 1.62 bits per heavy atom. The molecular formula is C6H11BrO. The Balaban J connectivity index is 2.16. The van der Waals surface area contributed by atoms with Gasteiger partial charge in [-0.05, 0) is 5.92 Å². The zero-order chi connectivity index (χ0) is 6.15. The molecule has 1 fully saturated rings. The van der Waals surface area contributed by atoms with E-state index in [2.05, 4.69) is 29.8 Å². The SMILES string of the molecule is CC(C)C1OC1CBr. The highest BCUT2D eigenvalue weighted by Gasteiger charge is 2.39. The molecule has 2 atom stereocenters. The zero-order valence-electron chi connectivity index (χ0n) is 5.23. The van der Waals surface area contributed by atoms with Gasteiger partial charge >= 0.3 is 0 Å². The van der Waals surface area contributed by atoms with Gasteiger partial charge in [0.15, 0.2) is 0 Å². The van der Waals surface area contributed by atoms with Crippen molar-refractivity contribution in [2.75, 3.05) is 5.33 Å². The van der Waals surface area contributed by atoms with Crippen molar-refractivity contribution < 1.29 is 4.74 Å². The van der Waals surface area contributed by atoms with E-state index in [0.717, 1.165) is 5.33 Å². The molecule has 0 amide bonds. The van der Waals surface area contributed by atoms with Gasteiger partial charge in [-0.3, -0.25) is 0 Å². The molecule has 0 bridgehead atoms. The van der Waals surface area contributed by atoms with E-state index < -0.39 is 0 Å². The standard InChI is InChI=1S/C6H11BrO/c1-4(2)6-5(3-7)8-6/h4-6H,3H2,1-2H3. The van der Waals surface area contributed by atoms with Crippen LogP contribution in [0.3, 0.4) is 0 Å². The fourth-order valence-electron chi connectivity index (χ4n) is 0.867. The Labute approximate surface area is 58.5 Å². The van der Waals surface area contributed by atoms with Crippen LogP contribution in [-0.4, -0.2) is 17.5 Å². The maximum Gasteiger partial charge on any atom is 0.0941 e. The lowest BCUT2D eigenvalue weighted by atomic mass is 10.1. The molecule has 0 aromatic heterocycles. The normalized spacial score (nSPS) is 36.0. The van der Waals surface area contributed by atoms with Crippen molar-refractivity contribution in [2.45, 2.75) is 26.1 Å². The highest BCUT2D eigenvalue weighted by atomic mass is 79.9. The Hall–Kier alpha value is 0.440. The van der Waals surface area contributed by atoms with Gasteiger partial charge in [-0.2, -0.15) is 0 Å². The molecule has 0 N–H and O–H groups in total. The smallest absolute Gasteiger partial charge is 0.0941 e. The van der Waals surface area contributed by atoms with Crippen LogP contribution in [0, 0.1) is 5.92 Å². The summed E-state index contributed by atoms with van der Waals surface area (Å²) >= 11 is 3.36. The molecule has 0 radical (unpaired) electrons. The van der Waals surface area contributed by atoms with Gasteiger partial charge < -0.3 is 4.74 Å². The molecule has 0 saturated carbocycles. The van der Waals surface area contributed by atoms with Crippen molar-refractivity contribution in [3.05, 3.63) is 0 Å². The molecule has 1 nitrogen and oxygen atoms in total. The summed E-state index contributed by atoms with van der Waals surface area (Å²) in [6.07, 6.45) is 1.05. The number of hydrogen-bond donors (Lipinski definition) is 0. The number of rotatable bonds is 2. The fraction of sp³-hybridized carbons (Fsp3) is 1.00. The van der Waals surface area contributed by atoms with Crippen LogP contribution in [0.25, 0.3) is 0 Å². The molecule has 0 aromatic carbocycles. The van der Waals surface area contributed by atoms with E-state index in [1.807, 2.05) is 0 Å². The summed E-state index contributed by atoms with van der Waals surface area (Å²) in [5.41, 5.74) is 0. The average molecular weight is 179 g/mol. The lowest BCUT2D eigenvalue weighted by Gasteiger charge is -1.93. The molecule has 0 aromatic rings. The number of ether oxygens (including phenoxy) is 1. The molecule has 1 rings (SSSR count). The van der Waals surface area contributed by atoms with Crippen LogP contribution < -0.4 is 0 Å². The van der Waals surface area contributed by atoms with Crippen LogP contribution >= 0.6 is 15.9 Å². The minimum absolute atomic E-state index is 0.509. The number of halogens is 1. The summed E-state index contributed by atoms with van der Waals surface area (Å²) in [6, 6.07) is 0. The fourth-order valence-corrected chi connectivity index (χ4v) is 1.39. The third-order valence-electron chi connectivity index (χ3n) is 1.43. The molecule has 0 aliphatic carbocycles. The van der Waals surface area contributed by atoms with Crippen molar-refractivity contribution in [3.8, 4) is 0 Å². The summed E-state index contributed by atoms with van der Waals surface area (Å²) in [7, 11) is 0. The van der Waals surface area contributed by atoms with Crippen LogP contribution in [0.1, 0.15) is 13.8 Å². The van der Waals surface area contributed by atoms with Gasteiger partial charge in [-0.25, -0.2) is 0 Å². The number of alkyl halides is 1. The van der Waals surface area contributed by atoms with Crippen molar-refractivity contribution in [1.29, 1.82) is 0 Å². The Kier molecular flexibility index (Phi) is 1.93. The topological polar surface area (TPSA) is 12.5 Å². The van der Waals surface area contributed by atoms with Crippen LogP contribution in [0.2, 0.25) is 0 Å². The summed E-state index contributed by atoms with van der Waals surface area (Å²) in [5, 5.41) is 0.996. The predicted octanol–water partition coefficient (Wildman–Crippen LogP) is 1.80. The Bertz CT molecular complexity index is 82.6. The van der Waals surface area contributed by atoms with Crippen LogP contribution in [-0.2, 0) is 4.74 Å². The van der Waals surface area contributed by atoms with Gasteiger partial charge in [-0.15, -0.1) is 0 Å². The van der Waals surface area contributed by atoms with Crippen LogP contribution in [0.15, 0.2) is 0 Å². The molecule has 48 valence electrons. The van der Waals surface area contributed by atoms with Crippen molar-refractivity contribution in [1.82, 2.24) is 0 Å². The molecule has 1 heterocycles. The first kappa shape index (κ1) is 6.56. The van der Waals surface area contributed by atoms with Gasteiger partial charge in [0.25, 0.3) is 0 Å². The van der Waals surface area contributed by atoms with Crippen LogP contribution in [0.5, 0.6) is 0 Å². The van der Waals surface area contributed by atoms with Gasteiger partial charge in [-0.1, -0.05) is 29.8 Å². The first-order chi connectivity index (χ1) is 3.75. The molecule has 1 saturated heterocycles. The minimum atomic E-state index is 0.509. The third kappa shape index (κ3) is 1.23. The predicted molar refractivity (Wildman–Crippen MR) is 37.3 cm³/mol. The average Bonchev–Trinajstić information content (AvgIpc) is 2.42. The van der Waals surface area contributed by atoms with E-state index in [1.165, 1.54) is 0 Å². The molecule has 2 unspecified atom stereocenters. The van der Waals surface area contributed by atoms with E-state index in [-0.39, 0.29) is 0 Å². The Morgan fingerprint density at radius 3 is 2.38 bits per heavy atom. The largest absolute Gasteiger partial charge is 0.368 e. The highest BCUT2D eigenvalue weighted by Crippen LogP contribution is 2.29. The maximum absolute atomic E-state index is 5.28. The summed E-state index contributed by atoms with van der Waals surface area (Å²) in [6.45, 7) is 4.38. The molecule has 1 aliphatic rings. The van der Waals surface area contributed by atoms with E-state index >= 15 is 0 Å². The molecule has 0 spiro atoms. The van der Waals surface area contributed by atoms with Crippen molar-refractivity contribution in [3.63, 3.8) is 0 Å². The van der Waals surface area contributed by atoms with Gasteiger partial charge in [0, 0.05) is 5.33 Å². The number of epoxide rings is 1. The summed E-state index contributed by atoms with van der Waals surface area (Å²) in [5.74, 6) is 0.692. The lowest BCUT2D eigenvalue weighted by Crippen LogP contribution is -2.02. The van der Waals surface area contributed by atoms with Crippen molar-refractivity contribution in [2.24, 2.45) is 5.92 Å². The van der Waals surface area contributed by atoms with Gasteiger partial charge in [0.2, 0.25) is 0 Å². The quantitative estimate of drug-likeness (QED) is 0.465. The first-order valence-electron chi connectivity index (χ1n) is 2.97. The molecule has 1 aliphatic heterocycles. The third-order valence-corrected chi connectivity index (χ3v) is 2.07. The highest BCUT2D eigenvalue weighted by molar-refractivity contribution is 9.09. The van der Waals surface area contributed by atoms with Crippen LogP contribution in [0.4, 0.5) is 0 Å². The second-order valence-corrected chi connectivity index (χ2v) is 3.18. The monoisotopic (exact) mass is 178 g/mol. The van der Waals surface area contributed by atoms with E-state index in [0.29, 0.717) is 18.1 Å². The number of hydrogen-bond acceptors (Lipinski definition) is 1. The second kappa shape index (κ2) is 2.36. The lowest BCUT2D eigenvalue weighted by molar-refractivity contribution is 0.341. The Morgan fingerprint density at radius 2 is 2.25 bits per heavy atom. The van der Waals surface area contributed by atoms with Crippen molar-refractivity contribution >= 4 is 15.9 Å². The summed E-state index contributed by atoms with van der Waals surface area (Å²) in [4.78, 5) is 0. The van der Waals surface area contributed by atoms with E-state index in [9.17, 15) is 0 Å². The molecule has 2 heteroatoms. The maximum atomic E-state index is 5.28. The van der Waals surface area contributed by atoms with Gasteiger partial charge in [0.05, 0.1) is 12.2 Å². The zero-order valence-corrected chi connectivity index (χ0v) is 6.81. The van der Waals surface area contributed by atoms with E-state index in [4.69, 9.17) is 4.74 Å². The summed E-state index contributed by atoms with van der Waals surface area (Å²) < 4.78 is 5.28. The first-order valence-corrected chi connectivity index (χ1v) is 4.09. The van der Waals surface area contributed by atoms with E-state index in [1.54, 1.807) is 0 Å².